The molecule has 4 rings (SSSR count). The number of halogens is 3. The number of aryl methyl sites for hydroxylation is 3. The average molecular weight is 387 g/mol. The molecule has 0 unspecified atom stereocenters. The zero-order valence-corrected chi connectivity index (χ0v) is 14.9. The summed E-state index contributed by atoms with van der Waals surface area (Å²) in [4.78, 5) is 7.54. The summed E-state index contributed by atoms with van der Waals surface area (Å²) in [6.07, 6.45) is -4.46. The monoisotopic (exact) mass is 387 g/mol. The van der Waals surface area contributed by atoms with Crippen molar-refractivity contribution in [2.24, 2.45) is 0 Å². The molecule has 0 aliphatic heterocycles. The van der Waals surface area contributed by atoms with E-state index in [-0.39, 0.29) is 13.0 Å². The number of alkyl halides is 3. The molecule has 0 saturated carbocycles. The van der Waals surface area contributed by atoms with E-state index in [1.54, 1.807) is 32.9 Å². The third-order valence-corrected chi connectivity index (χ3v) is 4.55. The van der Waals surface area contributed by atoms with Gasteiger partial charge in [-0.3, -0.25) is 0 Å². The number of aromatic nitrogens is 3. The lowest BCUT2D eigenvalue weighted by atomic mass is 9.94. The second-order valence-electron chi connectivity index (χ2n) is 6.48. The van der Waals surface area contributed by atoms with Gasteiger partial charge in [0.1, 0.15) is 11.6 Å². The highest BCUT2D eigenvalue weighted by atomic mass is 19.4. The van der Waals surface area contributed by atoms with Gasteiger partial charge in [-0.15, -0.1) is 0 Å². The number of nitrogens with zero attached hydrogens (tertiary/aromatic N) is 2. The number of rotatable bonds is 2. The van der Waals surface area contributed by atoms with Gasteiger partial charge in [-0.1, -0.05) is 30.8 Å². The van der Waals surface area contributed by atoms with Gasteiger partial charge in [-0.2, -0.15) is 13.2 Å². The summed E-state index contributed by atoms with van der Waals surface area (Å²) < 4.78 is 46.0. The van der Waals surface area contributed by atoms with Gasteiger partial charge in [0, 0.05) is 11.1 Å². The van der Waals surface area contributed by atoms with E-state index in [4.69, 9.17) is 4.52 Å². The van der Waals surface area contributed by atoms with E-state index in [2.05, 4.69) is 15.1 Å². The topological polar surface area (TPSA) is 54.7 Å². The van der Waals surface area contributed by atoms with Crippen molar-refractivity contribution in [3.8, 4) is 22.3 Å². The van der Waals surface area contributed by atoms with Gasteiger partial charge in [-0.25, -0.2) is 4.98 Å². The molecule has 4 aromatic rings. The minimum Gasteiger partial charge on any atom is -0.361 e. The van der Waals surface area contributed by atoms with Crippen molar-refractivity contribution in [2.75, 3.05) is 0 Å². The molecule has 7 heteroatoms. The Morgan fingerprint density at radius 3 is 2.36 bits per heavy atom. The first kappa shape index (κ1) is 19.7. The minimum atomic E-state index is -4.46. The Labute approximate surface area is 160 Å². The molecule has 0 bridgehead atoms. The summed E-state index contributed by atoms with van der Waals surface area (Å²) in [5.41, 5.74) is 3.16. The van der Waals surface area contributed by atoms with Crippen LogP contribution < -0.4 is 0 Å². The van der Waals surface area contributed by atoms with E-state index in [1.807, 2.05) is 6.07 Å². The fourth-order valence-corrected chi connectivity index (χ4v) is 3.45. The van der Waals surface area contributed by atoms with Crippen LogP contribution in [0.5, 0.6) is 0 Å². The van der Waals surface area contributed by atoms with Crippen molar-refractivity contribution in [1.82, 2.24) is 15.1 Å². The number of fused-ring (bicyclic) bond motifs is 1. The van der Waals surface area contributed by atoms with Crippen LogP contribution in [0, 0.1) is 20.8 Å². The van der Waals surface area contributed by atoms with Crippen LogP contribution in [0.25, 0.3) is 33.3 Å². The fourth-order valence-electron chi connectivity index (χ4n) is 3.45. The van der Waals surface area contributed by atoms with Crippen LogP contribution in [0.3, 0.4) is 0 Å². The summed E-state index contributed by atoms with van der Waals surface area (Å²) in [5.74, 6) is 1.24. The molecule has 0 amide bonds. The molecule has 2 aromatic heterocycles. The first-order valence-corrected chi connectivity index (χ1v) is 8.36. The van der Waals surface area contributed by atoms with Crippen LogP contribution in [-0.2, 0) is 6.18 Å². The molecule has 2 aromatic carbocycles. The zero-order valence-electron chi connectivity index (χ0n) is 14.9. The van der Waals surface area contributed by atoms with E-state index < -0.39 is 11.7 Å². The van der Waals surface area contributed by atoms with E-state index in [0.29, 0.717) is 33.9 Å². The molecular weight excluding hydrogens is 367 g/mol. The largest absolute Gasteiger partial charge is 0.417 e. The molecule has 146 valence electrons. The Morgan fingerprint density at radius 1 is 1.00 bits per heavy atom. The lowest BCUT2D eigenvalue weighted by molar-refractivity contribution is -0.137. The molecule has 2 heterocycles. The molecule has 0 fully saturated rings. The first-order valence-electron chi connectivity index (χ1n) is 8.36. The van der Waals surface area contributed by atoms with Crippen molar-refractivity contribution >= 4 is 11.0 Å². The van der Waals surface area contributed by atoms with E-state index in [9.17, 15) is 13.2 Å². The van der Waals surface area contributed by atoms with Crippen LogP contribution in [0.2, 0.25) is 0 Å². The lowest BCUT2D eigenvalue weighted by Gasteiger charge is -2.14. The maximum absolute atomic E-state index is 13.6. The fraction of sp³-hybridized carbons (Fsp3) is 0.238. The van der Waals surface area contributed by atoms with E-state index in [1.165, 1.54) is 12.1 Å². The number of hydrogen-bond donors (Lipinski definition) is 1. The summed E-state index contributed by atoms with van der Waals surface area (Å²) in [6, 6.07) is 9.12. The van der Waals surface area contributed by atoms with Gasteiger partial charge in [0.25, 0.3) is 0 Å². The Morgan fingerprint density at radius 2 is 1.71 bits per heavy atom. The second-order valence-corrected chi connectivity index (χ2v) is 6.48. The number of hydrogen-bond acceptors (Lipinski definition) is 3. The molecule has 0 spiro atoms. The normalized spacial score (nSPS) is 11.6. The van der Waals surface area contributed by atoms with Gasteiger partial charge in [0.05, 0.1) is 22.3 Å². The van der Waals surface area contributed by atoms with Gasteiger partial charge in [-0.05, 0) is 50.1 Å². The van der Waals surface area contributed by atoms with Crippen molar-refractivity contribution in [1.29, 1.82) is 0 Å². The van der Waals surface area contributed by atoms with Crippen LogP contribution >= 0.6 is 0 Å². The number of benzene rings is 2. The number of aromatic amines is 1. The maximum atomic E-state index is 13.6. The predicted octanol–water partition coefficient (Wildman–Crippen LogP) is 6.47. The first-order chi connectivity index (χ1) is 12.8. The molecule has 4 nitrogen and oxygen atoms in total. The SMILES string of the molecule is C.Cc1nc2c(-c3ccccc3C(F)(F)F)cc(-c3c(C)noc3C)cc2[nH]1. The standard InChI is InChI=1S/C20H16F3N3O.CH4/c1-10-18(11(2)27-26-10)13-8-15(19-17(9-13)24-12(3)25-19)14-6-4-5-7-16(14)20(21,22)23;/h4-9H,1-3H3,(H,24,25);1H4. The highest BCUT2D eigenvalue weighted by Gasteiger charge is 2.34. The molecule has 0 saturated heterocycles. The van der Waals surface area contributed by atoms with Gasteiger partial charge in [0.2, 0.25) is 0 Å². The van der Waals surface area contributed by atoms with Crippen LogP contribution in [-0.4, -0.2) is 15.1 Å². The van der Waals surface area contributed by atoms with Crippen LogP contribution in [0.15, 0.2) is 40.9 Å². The predicted molar refractivity (Wildman–Crippen MR) is 103 cm³/mol. The lowest BCUT2D eigenvalue weighted by Crippen LogP contribution is -2.07. The average Bonchev–Trinajstić information content (AvgIpc) is 3.14. The molecule has 0 aliphatic rings. The molecule has 0 atom stereocenters. The molecule has 0 radical (unpaired) electrons. The van der Waals surface area contributed by atoms with Gasteiger partial charge in [0.15, 0.2) is 0 Å². The smallest absolute Gasteiger partial charge is 0.361 e. The molecule has 1 N–H and O–H groups in total. The van der Waals surface area contributed by atoms with Crippen molar-refractivity contribution < 1.29 is 17.7 Å². The van der Waals surface area contributed by atoms with Gasteiger partial charge < -0.3 is 9.51 Å². The summed E-state index contributed by atoms with van der Waals surface area (Å²) in [6.45, 7) is 5.35. The Hall–Kier alpha value is -3.09. The minimum absolute atomic E-state index is 0. The van der Waals surface area contributed by atoms with E-state index in [0.717, 1.165) is 17.2 Å². The quantitative estimate of drug-likeness (QED) is 0.429. The zero-order chi connectivity index (χ0) is 19.3. The molecule has 28 heavy (non-hydrogen) atoms. The number of imidazole rings is 1. The maximum Gasteiger partial charge on any atom is 0.417 e. The second kappa shape index (κ2) is 6.82. The van der Waals surface area contributed by atoms with Crippen molar-refractivity contribution in [3.05, 3.63) is 59.2 Å². The van der Waals surface area contributed by atoms with Crippen LogP contribution in [0.1, 0.15) is 30.3 Å². The van der Waals surface area contributed by atoms with Crippen molar-refractivity contribution in [3.63, 3.8) is 0 Å². The molecular formula is C21H20F3N3O. The Bertz CT molecular complexity index is 1140. The van der Waals surface area contributed by atoms with Crippen LogP contribution in [0.4, 0.5) is 13.2 Å². The van der Waals surface area contributed by atoms with Gasteiger partial charge >= 0.3 is 6.18 Å². The third-order valence-electron chi connectivity index (χ3n) is 4.55. The third kappa shape index (κ3) is 3.17. The number of H-pyrrole nitrogens is 1. The molecule has 0 aliphatic carbocycles. The summed E-state index contributed by atoms with van der Waals surface area (Å²) in [7, 11) is 0. The Kier molecular flexibility index (Phi) is 4.79. The highest BCUT2D eigenvalue weighted by Crippen LogP contribution is 2.41. The summed E-state index contributed by atoms with van der Waals surface area (Å²) >= 11 is 0. The van der Waals surface area contributed by atoms with E-state index >= 15 is 0 Å². The highest BCUT2D eigenvalue weighted by molar-refractivity contribution is 5.97. The summed E-state index contributed by atoms with van der Waals surface area (Å²) in [5, 5.41) is 3.96. The number of nitrogens with one attached hydrogen (secondary N) is 1. The van der Waals surface area contributed by atoms with Crippen molar-refractivity contribution in [2.45, 2.75) is 34.4 Å². The Balaban J connectivity index is 0.00000225.